The lowest BCUT2D eigenvalue weighted by Gasteiger charge is -2.33. The molecule has 0 radical (unpaired) electrons. The zero-order valence-corrected chi connectivity index (χ0v) is 17.5. The molecule has 0 bridgehead atoms. The molecule has 1 aromatic heterocycles. The molecule has 1 saturated heterocycles. The van der Waals surface area contributed by atoms with Crippen LogP contribution in [0.2, 0.25) is 0 Å². The second-order valence-corrected chi connectivity index (χ2v) is 7.05. The fourth-order valence-electron chi connectivity index (χ4n) is 2.94. The van der Waals surface area contributed by atoms with E-state index in [2.05, 4.69) is 45.0 Å². The molecule has 1 fully saturated rings. The summed E-state index contributed by atoms with van der Waals surface area (Å²) in [6, 6.07) is 5.01. The predicted molar refractivity (Wildman–Crippen MR) is 112 cm³/mol. The van der Waals surface area contributed by atoms with E-state index in [0.717, 1.165) is 25.1 Å². The van der Waals surface area contributed by atoms with Crippen LogP contribution in [-0.2, 0) is 6.54 Å². The lowest BCUT2D eigenvalue weighted by Crippen LogP contribution is -2.39. The number of rotatable bonds is 7. The zero-order valence-electron chi connectivity index (χ0n) is 14.4. The van der Waals surface area contributed by atoms with E-state index in [1.54, 1.807) is 11.3 Å². The molecule has 2 rings (SSSR count). The molecule has 1 aromatic rings. The van der Waals surface area contributed by atoms with Crippen LogP contribution in [0.3, 0.4) is 0 Å². The number of guanidine groups is 1. The van der Waals surface area contributed by atoms with Gasteiger partial charge in [0.15, 0.2) is 5.96 Å². The van der Waals surface area contributed by atoms with Gasteiger partial charge in [-0.05, 0) is 57.1 Å². The van der Waals surface area contributed by atoms with Gasteiger partial charge < -0.3 is 15.5 Å². The Bertz CT molecular complexity index is 436. The van der Waals surface area contributed by atoms with Crippen LogP contribution in [0.4, 0.5) is 0 Å². The number of unbranched alkanes of at least 4 members (excludes halogenated alkanes) is 1. The summed E-state index contributed by atoms with van der Waals surface area (Å²) in [6.45, 7) is 6.74. The molecule has 1 unspecified atom stereocenters. The summed E-state index contributed by atoms with van der Waals surface area (Å²) < 4.78 is 0. The molecule has 2 N–H and O–H groups in total. The van der Waals surface area contributed by atoms with Gasteiger partial charge in [0.1, 0.15) is 0 Å². The van der Waals surface area contributed by atoms with Gasteiger partial charge >= 0.3 is 0 Å². The number of hydrogen-bond donors (Lipinski definition) is 2. The number of halogens is 1. The van der Waals surface area contributed by atoms with Crippen molar-refractivity contribution in [2.24, 2.45) is 4.99 Å². The molecule has 2 heterocycles. The summed E-state index contributed by atoms with van der Waals surface area (Å²) in [5, 5.41) is 8.87. The molecular weight excluding hydrogens is 419 g/mol. The number of thiophene rings is 1. The molecule has 6 heteroatoms. The topological polar surface area (TPSA) is 39.7 Å². The lowest BCUT2D eigenvalue weighted by atomic mass is 10.0. The summed E-state index contributed by atoms with van der Waals surface area (Å²) in [5.41, 5.74) is 0. The molecular formula is C17H31IN4S. The van der Waals surface area contributed by atoms with E-state index < -0.39 is 0 Å². The number of nitrogens with one attached hydrogen (secondary N) is 2. The van der Waals surface area contributed by atoms with E-state index in [9.17, 15) is 0 Å². The van der Waals surface area contributed by atoms with Crippen LogP contribution in [0.1, 0.15) is 43.9 Å². The molecule has 0 aromatic carbocycles. The van der Waals surface area contributed by atoms with E-state index >= 15 is 0 Å². The third-order valence-electron chi connectivity index (χ3n) is 4.34. The molecule has 4 nitrogen and oxygen atoms in total. The number of nitrogens with zero attached hydrogens (tertiary/aromatic N) is 2. The Balaban J connectivity index is 0.00000264. The van der Waals surface area contributed by atoms with Gasteiger partial charge in [-0.15, -0.1) is 35.3 Å². The van der Waals surface area contributed by atoms with Gasteiger partial charge in [-0.2, -0.15) is 0 Å². The third kappa shape index (κ3) is 7.85. The Hall–Kier alpha value is -0.340. The molecule has 1 aliphatic heterocycles. The normalized spacial score (nSPS) is 19.2. The van der Waals surface area contributed by atoms with Gasteiger partial charge in [0.2, 0.25) is 0 Å². The predicted octanol–water partition coefficient (Wildman–Crippen LogP) is 3.69. The quantitative estimate of drug-likeness (QED) is 0.288. The van der Waals surface area contributed by atoms with Gasteiger partial charge in [-0.25, -0.2) is 0 Å². The van der Waals surface area contributed by atoms with Crippen molar-refractivity contribution in [2.75, 3.05) is 26.7 Å². The summed E-state index contributed by atoms with van der Waals surface area (Å²) in [5.74, 6) is 0.903. The van der Waals surface area contributed by atoms with Gasteiger partial charge in [-0.1, -0.05) is 12.5 Å². The van der Waals surface area contributed by atoms with Crippen LogP contribution in [0.15, 0.2) is 22.5 Å². The van der Waals surface area contributed by atoms with E-state index in [-0.39, 0.29) is 24.0 Å². The second-order valence-electron chi connectivity index (χ2n) is 6.02. The Morgan fingerprint density at radius 2 is 2.22 bits per heavy atom. The van der Waals surface area contributed by atoms with Crippen LogP contribution in [0, 0.1) is 0 Å². The molecule has 132 valence electrons. The monoisotopic (exact) mass is 450 g/mol. The summed E-state index contributed by atoms with van der Waals surface area (Å²) in [6.07, 6.45) is 6.62. The summed E-state index contributed by atoms with van der Waals surface area (Å²) in [4.78, 5) is 8.26. The summed E-state index contributed by atoms with van der Waals surface area (Å²) >= 11 is 1.77. The van der Waals surface area contributed by atoms with Crippen molar-refractivity contribution in [1.82, 2.24) is 15.5 Å². The highest BCUT2D eigenvalue weighted by Crippen LogP contribution is 2.16. The van der Waals surface area contributed by atoms with Gasteiger partial charge in [0.05, 0.1) is 6.54 Å². The maximum atomic E-state index is 4.28. The van der Waals surface area contributed by atoms with E-state index in [1.807, 2.05) is 7.05 Å². The fraction of sp³-hybridized carbons (Fsp3) is 0.706. The average Bonchev–Trinajstić information content (AvgIpc) is 3.05. The smallest absolute Gasteiger partial charge is 0.191 e. The van der Waals surface area contributed by atoms with Crippen molar-refractivity contribution in [2.45, 2.75) is 51.6 Å². The second kappa shape index (κ2) is 12.1. The lowest BCUT2D eigenvalue weighted by molar-refractivity contribution is 0.158. The van der Waals surface area contributed by atoms with Gasteiger partial charge in [0, 0.05) is 24.5 Å². The minimum absolute atomic E-state index is 0. The number of likely N-dealkylation sites (tertiary alicyclic amines) is 1. The summed E-state index contributed by atoms with van der Waals surface area (Å²) in [7, 11) is 1.83. The largest absolute Gasteiger partial charge is 0.356 e. The van der Waals surface area contributed by atoms with Crippen LogP contribution >= 0.6 is 35.3 Å². The molecule has 0 aliphatic carbocycles. The highest BCUT2D eigenvalue weighted by molar-refractivity contribution is 14.0. The van der Waals surface area contributed by atoms with Crippen molar-refractivity contribution in [3.63, 3.8) is 0 Å². The van der Waals surface area contributed by atoms with Crippen LogP contribution in [0.25, 0.3) is 0 Å². The molecule has 0 spiro atoms. The number of hydrogen-bond acceptors (Lipinski definition) is 3. The third-order valence-corrected chi connectivity index (χ3v) is 5.22. The first-order valence-electron chi connectivity index (χ1n) is 8.50. The molecule has 0 saturated carbocycles. The van der Waals surface area contributed by atoms with Gasteiger partial charge in [-0.3, -0.25) is 4.99 Å². The van der Waals surface area contributed by atoms with Crippen molar-refractivity contribution < 1.29 is 0 Å². The number of piperidine rings is 1. The first-order chi connectivity index (χ1) is 10.8. The minimum atomic E-state index is 0. The Morgan fingerprint density at radius 3 is 2.91 bits per heavy atom. The van der Waals surface area contributed by atoms with E-state index in [4.69, 9.17) is 0 Å². The molecule has 0 amide bonds. The average molecular weight is 450 g/mol. The highest BCUT2D eigenvalue weighted by Gasteiger charge is 2.16. The SMILES string of the molecule is CN=C(NCCCCN1CCCCC1C)NCc1cccs1.I. The first-order valence-corrected chi connectivity index (χ1v) is 9.38. The van der Waals surface area contributed by atoms with E-state index in [0.29, 0.717) is 0 Å². The number of aliphatic imine (C=N–C) groups is 1. The fourth-order valence-corrected chi connectivity index (χ4v) is 3.59. The van der Waals surface area contributed by atoms with Crippen molar-refractivity contribution in [1.29, 1.82) is 0 Å². The Labute approximate surface area is 162 Å². The maximum absolute atomic E-state index is 4.28. The first kappa shape index (κ1) is 20.7. The van der Waals surface area contributed by atoms with Crippen LogP contribution < -0.4 is 10.6 Å². The Kier molecular flexibility index (Phi) is 10.9. The van der Waals surface area contributed by atoms with Crippen LogP contribution in [-0.4, -0.2) is 43.6 Å². The highest BCUT2D eigenvalue weighted by atomic mass is 127. The maximum Gasteiger partial charge on any atom is 0.191 e. The molecule has 1 aliphatic rings. The van der Waals surface area contributed by atoms with Gasteiger partial charge in [0.25, 0.3) is 0 Å². The van der Waals surface area contributed by atoms with E-state index in [1.165, 1.54) is 50.1 Å². The van der Waals surface area contributed by atoms with Crippen molar-refractivity contribution in [3.8, 4) is 0 Å². The standard InChI is InChI=1S/C17H30N4S.HI/c1-15-8-3-5-11-21(15)12-6-4-10-19-17(18-2)20-14-16-9-7-13-22-16;/h7,9,13,15H,3-6,8,10-12,14H2,1-2H3,(H2,18,19,20);1H. The molecule has 1 atom stereocenters. The Morgan fingerprint density at radius 1 is 1.35 bits per heavy atom. The van der Waals surface area contributed by atoms with Crippen molar-refractivity contribution in [3.05, 3.63) is 22.4 Å². The minimum Gasteiger partial charge on any atom is -0.356 e. The zero-order chi connectivity index (χ0) is 15.6. The van der Waals surface area contributed by atoms with Crippen LogP contribution in [0.5, 0.6) is 0 Å². The molecule has 23 heavy (non-hydrogen) atoms. The van der Waals surface area contributed by atoms with Crippen molar-refractivity contribution >= 4 is 41.3 Å².